The van der Waals surface area contributed by atoms with Crippen LogP contribution in [0.25, 0.3) is 0 Å². The third-order valence-corrected chi connectivity index (χ3v) is 5.89. The van der Waals surface area contributed by atoms with E-state index in [9.17, 15) is 4.79 Å². The second-order valence-corrected chi connectivity index (χ2v) is 7.72. The van der Waals surface area contributed by atoms with Gasteiger partial charge >= 0.3 is 0 Å². The molecule has 1 amide bonds. The number of nitrogens with zero attached hydrogens (tertiary/aromatic N) is 2. The Morgan fingerprint density at radius 3 is 2.46 bits per heavy atom. The summed E-state index contributed by atoms with van der Waals surface area (Å²) in [6.45, 7) is 5.69. The molecule has 2 saturated heterocycles. The van der Waals surface area contributed by atoms with E-state index in [0.29, 0.717) is 12.1 Å². The minimum Gasteiger partial charge on any atom is -0.367 e. The van der Waals surface area contributed by atoms with Crippen molar-refractivity contribution in [3.63, 3.8) is 0 Å². The summed E-state index contributed by atoms with van der Waals surface area (Å²) in [5.74, 6) is 0.169. The van der Waals surface area contributed by atoms with Crippen LogP contribution in [0, 0.1) is 0 Å². The summed E-state index contributed by atoms with van der Waals surface area (Å²) in [4.78, 5) is 17.3. The molecule has 0 radical (unpaired) electrons. The molecular formula is C23H30ClN3O. The van der Waals surface area contributed by atoms with E-state index >= 15 is 0 Å². The first-order valence-corrected chi connectivity index (χ1v) is 10.2. The standard InChI is InChI=1S/C23H29N3O.ClH/c1-2-25(16-18-6-4-3-5-7-18)22-12-8-19(9-13-22)23(27)26-15-14-20-10-11-21(17-26)24-20;/h3-9,12-13,20-21,24H,2,10-11,14-17H2,1H3;1H. The van der Waals surface area contributed by atoms with E-state index in [1.807, 2.05) is 23.1 Å². The summed E-state index contributed by atoms with van der Waals surface area (Å²) in [5.41, 5.74) is 3.26. The zero-order chi connectivity index (χ0) is 18.6. The average molecular weight is 400 g/mol. The topological polar surface area (TPSA) is 35.6 Å². The number of amides is 1. The van der Waals surface area contributed by atoms with Crippen LogP contribution in [0.3, 0.4) is 0 Å². The number of halogens is 1. The molecule has 2 fully saturated rings. The highest BCUT2D eigenvalue weighted by atomic mass is 35.5. The average Bonchev–Trinajstić information content (AvgIpc) is 3.05. The Labute approximate surface area is 174 Å². The van der Waals surface area contributed by atoms with Crippen molar-refractivity contribution in [2.75, 3.05) is 24.5 Å². The predicted octanol–water partition coefficient (Wildman–Crippen LogP) is 4.10. The van der Waals surface area contributed by atoms with Crippen LogP contribution in [0.4, 0.5) is 5.69 Å². The highest BCUT2D eigenvalue weighted by Gasteiger charge is 2.31. The molecule has 2 atom stereocenters. The Morgan fingerprint density at radius 2 is 1.75 bits per heavy atom. The van der Waals surface area contributed by atoms with Crippen molar-refractivity contribution in [1.82, 2.24) is 10.2 Å². The molecule has 28 heavy (non-hydrogen) atoms. The normalized spacial score (nSPS) is 21.0. The molecule has 0 spiro atoms. The number of nitrogens with one attached hydrogen (secondary N) is 1. The number of anilines is 1. The van der Waals surface area contributed by atoms with E-state index in [1.54, 1.807) is 0 Å². The number of carbonyl (C=O) groups excluding carboxylic acids is 1. The maximum Gasteiger partial charge on any atom is 0.253 e. The number of hydrogen-bond donors (Lipinski definition) is 1. The molecule has 2 aromatic rings. The second-order valence-electron chi connectivity index (χ2n) is 7.72. The molecule has 5 heteroatoms. The van der Waals surface area contributed by atoms with Gasteiger partial charge in [0.2, 0.25) is 0 Å². The lowest BCUT2D eigenvalue weighted by Crippen LogP contribution is -2.39. The van der Waals surface area contributed by atoms with Gasteiger partial charge in [0.1, 0.15) is 0 Å². The molecular weight excluding hydrogens is 370 g/mol. The van der Waals surface area contributed by atoms with Gasteiger partial charge in [0.05, 0.1) is 0 Å². The van der Waals surface area contributed by atoms with Crippen LogP contribution >= 0.6 is 12.4 Å². The Hall–Kier alpha value is -2.04. The highest BCUT2D eigenvalue weighted by molar-refractivity contribution is 5.94. The van der Waals surface area contributed by atoms with Gasteiger partial charge in [-0.15, -0.1) is 12.4 Å². The first kappa shape index (κ1) is 20.7. The van der Waals surface area contributed by atoms with Gasteiger partial charge in [0, 0.05) is 49.5 Å². The monoisotopic (exact) mass is 399 g/mol. The molecule has 4 nitrogen and oxygen atoms in total. The molecule has 4 rings (SSSR count). The molecule has 2 heterocycles. The van der Waals surface area contributed by atoms with E-state index in [4.69, 9.17) is 0 Å². The number of carbonyl (C=O) groups is 1. The van der Waals surface area contributed by atoms with Gasteiger partial charge in [-0.2, -0.15) is 0 Å². The minimum atomic E-state index is 0. The molecule has 2 bridgehead atoms. The van der Waals surface area contributed by atoms with Crippen LogP contribution in [0.1, 0.15) is 42.1 Å². The van der Waals surface area contributed by atoms with E-state index in [-0.39, 0.29) is 18.3 Å². The van der Waals surface area contributed by atoms with Gasteiger partial charge in [-0.3, -0.25) is 4.79 Å². The van der Waals surface area contributed by atoms with Gasteiger partial charge < -0.3 is 15.1 Å². The lowest BCUT2D eigenvalue weighted by Gasteiger charge is -2.26. The summed E-state index contributed by atoms with van der Waals surface area (Å²) in [6.07, 6.45) is 3.52. The summed E-state index contributed by atoms with van der Waals surface area (Å²) in [5, 5.41) is 3.64. The third-order valence-electron chi connectivity index (χ3n) is 5.89. The van der Waals surface area contributed by atoms with Gasteiger partial charge in [-0.25, -0.2) is 0 Å². The van der Waals surface area contributed by atoms with Crippen molar-refractivity contribution in [2.45, 2.75) is 44.8 Å². The minimum absolute atomic E-state index is 0. The first-order valence-electron chi connectivity index (χ1n) is 10.2. The fourth-order valence-electron chi connectivity index (χ4n) is 4.31. The predicted molar refractivity (Wildman–Crippen MR) is 117 cm³/mol. The van der Waals surface area contributed by atoms with Crippen molar-refractivity contribution >= 4 is 24.0 Å². The summed E-state index contributed by atoms with van der Waals surface area (Å²) in [6, 6.07) is 19.7. The Morgan fingerprint density at radius 1 is 1.04 bits per heavy atom. The molecule has 2 unspecified atom stereocenters. The maximum absolute atomic E-state index is 13.0. The molecule has 0 saturated carbocycles. The van der Waals surface area contributed by atoms with Crippen molar-refractivity contribution < 1.29 is 4.79 Å². The fraction of sp³-hybridized carbons (Fsp3) is 0.435. The second kappa shape index (κ2) is 9.44. The lowest BCUT2D eigenvalue weighted by molar-refractivity contribution is 0.0748. The molecule has 0 aliphatic carbocycles. The summed E-state index contributed by atoms with van der Waals surface area (Å²) >= 11 is 0. The number of hydrogen-bond acceptors (Lipinski definition) is 3. The highest BCUT2D eigenvalue weighted by Crippen LogP contribution is 2.23. The summed E-state index contributed by atoms with van der Waals surface area (Å²) < 4.78 is 0. The van der Waals surface area contributed by atoms with E-state index in [0.717, 1.165) is 43.9 Å². The van der Waals surface area contributed by atoms with Crippen molar-refractivity contribution in [2.24, 2.45) is 0 Å². The molecule has 1 N–H and O–H groups in total. The zero-order valence-electron chi connectivity index (χ0n) is 16.5. The fourth-order valence-corrected chi connectivity index (χ4v) is 4.31. The van der Waals surface area contributed by atoms with Crippen molar-refractivity contribution in [3.05, 3.63) is 65.7 Å². The van der Waals surface area contributed by atoms with Gasteiger partial charge in [0.15, 0.2) is 0 Å². The zero-order valence-corrected chi connectivity index (χ0v) is 17.3. The smallest absolute Gasteiger partial charge is 0.253 e. The van der Waals surface area contributed by atoms with Gasteiger partial charge in [-0.05, 0) is 56.0 Å². The van der Waals surface area contributed by atoms with Crippen LogP contribution < -0.4 is 10.2 Å². The quantitative estimate of drug-likeness (QED) is 0.822. The molecule has 2 aromatic carbocycles. The largest absolute Gasteiger partial charge is 0.367 e. The Balaban J connectivity index is 0.00000225. The van der Waals surface area contributed by atoms with Gasteiger partial charge in [-0.1, -0.05) is 30.3 Å². The molecule has 0 aromatic heterocycles. The van der Waals surface area contributed by atoms with Crippen LogP contribution in [0.2, 0.25) is 0 Å². The first-order chi connectivity index (χ1) is 13.2. The number of likely N-dealkylation sites (tertiary alicyclic amines) is 1. The number of rotatable bonds is 5. The number of benzene rings is 2. The van der Waals surface area contributed by atoms with E-state index in [1.165, 1.54) is 18.4 Å². The molecule has 2 aliphatic rings. The Bertz CT molecular complexity index is 765. The third kappa shape index (κ3) is 4.68. The molecule has 150 valence electrons. The van der Waals surface area contributed by atoms with Crippen molar-refractivity contribution in [3.8, 4) is 0 Å². The van der Waals surface area contributed by atoms with Crippen LogP contribution in [-0.2, 0) is 6.54 Å². The summed E-state index contributed by atoms with van der Waals surface area (Å²) in [7, 11) is 0. The van der Waals surface area contributed by atoms with Crippen LogP contribution in [0.15, 0.2) is 54.6 Å². The molecule has 2 aliphatic heterocycles. The number of fused-ring (bicyclic) bond motifs is 2. The maximum atomic E-state index is 13.0. The van der Waals surface area contributed by atoms with Crippen LogP contribution in [-0.4, -0.2) is 42.5 Å². The van der Waals surface area contributed by atoms with Gasteiger partial charge in [0.25, 0.3) is 5.91 Å². The van der Waals surface area contributed by atoms with Crippen LogP contribution in [0.5, 0.6) is 0 Å². The van der Waals surface area contributed by atoms with E-state index < -0.39 is 0 Å². The SMILES string of the molecule is CCN(Cc1ccccc1)c1ccc(C(=O)N2CCC3CCC(C2)N3)cc1.Cl. The van der Waals surface area contributed by atoms with E-state index in [2.05, 4.69) is 53.5 Å². The van der Waals surface area contributed by atoms with Crippen molar-refractivity contribution in [1.29, 1.82) is 0 Å². The Kier molecular flexibility index (Phi) is 6.97. The lowest BCUT2D eigenvalue weighted by atomic mass is 10.1.